The highest BCUT2D eigenvalue weighted by Crippen LogP contribution is 2.11. The van der Waals surface area contributed by atoms with Crippen molar-refractivity contribution >= 4 is 5.91 Å². The second-order valence-electron chi connectivity index (χ2n) is 4.26. The molecule has 0 spiro atoms. The largest absolute Gasteiger partial charge is 0.469 e. The van der Waals surface area contributed by atoms with Crippen LogP contribution in [-0.4, -0.2) is 23.2 Å². The first-order chi connectivity index (χ1) is 6.94. The summed E-state index contributed by atoms with van der Waals surface area (Å²) in [7, 11) is 0. The molecule has 2 N–H and O–H groups in total. The van der Waals surface area contributed by atoms with Gasteiger partial charge in [-0.2, -0.15) is 0 Å². The minimum absolute atomic E-state index is 0.0533. The van der Waals surface area contributed by atoms with Gasteiger partial charge in [-0.25, -0.2) is 0 Å². The molecule has 1 amide bonds. The van der Waals surface area contributed by atoms with Gasteiger partial charge in [0, 0.05) is 12.1 Å². The summed E-state index contributed by atoms with van der Waals surface area (Å²) in [5.74, 6) is 0.533. The van der Waals surface area contributed by atoms with Crippen LogP contribution in [0.2, 0.25) is 0 Å². The van der Waals surface area contributed by atoms with Gasteiger partial charge in [-0.3, -0.25) is 4.79 Å². The minimum Gasteiger partial charge on any atom is -0.469 e. The maximum absolute atomic E-state index is 11.7. The van der Waals surface area contributed by atoms with Crippen molar-refractivity contribution < 1.29 is 14.3 Å². The van der Waals surface area contributed by atoms with E-state index in [1.165, 1.54) is 6.26 Å². The predicted molar refractivity (Wildman–Crippen MR) is 56.7 cm³/mol. The van der Waals surface area contributed by atoms with Crippen LogP contribution in [0.15, 0.2) is 16.7 Å². The van der Waals surface area contributed by atoms with Crippen molar-refractivity contribution in [3.8, 4) is 0 Å². The molecule has 0 aliphatic rings. The zero-order chi connectivity index (χ0) is 11.5. The van der Waals surface area contributed by atoms with Crippen LogP contribution >= 0.6 is 0 Å². The number of nitrogens with one attached hydrogen (secondary N) is 1. The molecule has 0 bridgehead atoms. The molecule has 0 aliphatic carbocycles. The van der Waals surface area contributed by atoms with Crippen molar-refractivity contribution in [3.05, 3.63) is 23.7 Å². The van der Waals surface area contributed by atoms with Crippen molar-refractivity contribution in [3.63, 3.8) is 0 Å². The smallest absolute Gasteiger partial charge is 0.254 e. The van der Waals surface area contributed by atoms with Gasteiger partial charge in [0.1, 0.15) is 12.0 Å². The Labute approximate surface area is 89.3 Å². The van der Waals surface area contributed by atoms with E-state index in [4.69, 9.17) is 9.52 Å². The monoisotopic (exact) mass is 211 g/mol. The first-order valence-corrected chi connectivity index (χ1v) is 4.93. The normalized spacial score (nSPS) is 11.5. The third-order valence-electron chi connectivity index (χ3n) is 2.18. The molecule has 0 atom stereocenters. The molecule has 0 saturated heterocycles. The van der Waals surface area contributed by atoms with Gasteiger partial charge in [-0.05, 0) is 33.3 Å². The van der Waals surface area contributed by atoms with E-state index in [0.717, 1.165) is 0 Å². The van der Waals surface area contributed by atoms with Gasteiger partial charge in [0.25, 0.3) is 5.91 Å². The fraction of sp³-hybridized carbons (Fsp3) is 0.545. The maximum Gasteiger partial charge on any atom is 0.254 e. The fourth-order valence-corrected chi connectivity index (χ4v) is 1.28. The molecule has 1 aromatic rings. The summed E-state index contributed by atoms with van der Waals surface area (Å²) in [4.78, 5) is 11.7. The van der Waals surface area contributed by atoms with Crippen molar-refractivity contribution in [1.82, 2.24) is 5.32 Å². The Kier molecular flexibility index (Phi) is 3.52. The first kappa shape index (κ1) is 11.8. The van der Waals surface area contributed by atoms with E-state index >= 15 is 0 Å². The van der Waals surface area contributed by atoms with Crippen molar-refractivity contribution in [2.75, 3.05) is 6.61 Å². The highest BCUT2D eigenvalue weighted by atomic mass is 16.3. The number of amides is 1. The second kappa shape index (κ2) is 4.49. The number of furan rings is 1. The van der Waals surface area contributed by atoms with Crippen LogP contribution in [-0.2, 0) is 0 Å². The van der Waals surface area contributed by atoms with Gasteiger partial charge < -0.3 is 14.8 Å². The molecule has 4 heteroatoms. The number of carbonyl (C=O) groups is 1. The number of aryl methyl sites for hydroxylation is 1. The number of hydrogen-bond acceptors (Lipinski definition) is 3. The molecule has 1 rings (SSSR count). The Morgan fingerprint density at radius 1 is 1.60 bits per heavy atom. The third-order valence-corrected chi connectivity index (χ3v) is 2.18. The van der Waals surface area contributed by atoms with Crippen molar-refractivity contribution in [1.29, 1.82) is 0 Å². The number of aliphatic hydroxyl groups excluding tert-OH is 1. The third kappa shape index (κ3) is 3.40. The van der Waals surface area contributed by atoms with Gasteiger partial charge in [-0.15, -0.1) is 0 Å². The van der Waals surface area contributed by atoms with Crippen LogP contribution < -0.4 is 5.32 Å². The summed E-state index contributed by atoms with van der Waals surface area (Å²) in [5.41, 5.74) is 0.107. The molecule has 4 nitrogen and oxygen atoms in total. The summed E-state index contributed by atoms with van der Waals surface area (Å²) in [6.07, 6.45) is 1.95. The molecular weight excluding hydrogens is 194 g/mol. The number of rotatable bonds is 4. The first-order valence-electron chi connectivity index (χ1n) is 4.93. The van der Waals surface area contributed by atoms with Crippen LogP contribution in [0.25, 0.3) is 0 Å². The van der Waals surface area contributed by atoms with E-state index in [2.05, 4.69) is 5.32 Å². The zero-order valence-corrected chi connectivity index (χ0v) is 9.33. The molecule has 0 aromatic carbocycles. The van der Waals surface area contributed by atoms with Gasteiger partial charge in [0.05, 0.1) is 5.56 Å². The number of hydrogen-bond donors (Lipinski definition) is 2. The van der Waals surface area contributed by atoms with Crippen LogP contribution in [0.4, 0.5) is 0 Å². The highest BCUT2D eigenvalue weighted by molar-refractivity contribution is 5.94. The predicted octanol–water partition coefficient (Wildman–Crippen LogP) is 1.48. The lowest BCUT2D eigenvalue weighted by Gasteiger charge is -2.24. The Balaban J connectivity index is 2.63. The molecular formula is C11H17NO3. The number of carbonyl (C=O) groups excluding carboxylic acids is 1. The van der Waals surface area contributed by atoms with Crippen LogP contribution in [0.3, 0.4) is 0 Å². The Hall–Kier alpha value is -1.29. The molecule has 15 heavy (non-hydrogen) atoms. The van der Waals surface area contributed by atoms with E-state index in [9.17, 15) is 4.79 Å². The molecule has 0 saturated carbocycles. The van der Waals surface area contributed by atoms with Gasteiger partial charge in [-0.1, -0.05) is 0 Å². The Morgan fingerprint density at radius 2 is 2.27 bits per heavy atom. The van der Waals surface area contributed by atoms with E-state index in [1.807, 2.05) is 13.8 Å². The van der Waals surface area contributed by atoms with Gasteiger partial charge >= 0.3 is 0 Å². The van der Waals surface area contributed by atoms with Crippen LogP contribution in [0, 0.1) is 6.92 Å². The molecule has 0 fully saturated rings. The quantitative estimate of drug-likeness (QED) is 0.793. The summed E-state index contributed by atoms with van der Waals surface area (Å²) in [5, 5.41) is 11.6. The highest BCUT2D eigenvalue weighted by Gasteiger charge is 2.21. The minimum atomic E-state index is -0.406. The zero-order valence-electron chi connectivity index (χ0n) is 9.33. The second-order valence-corrected chi connectivity index (χ2v) is 4.26. The van der Waals surface area contributed by atoms with E-state index < -0.39 is 5.54 Å². The topological polar surface area (TPSA) is 62.5 Å². The van der Waals surface area contributed by atoms with Crippen LogP contribution in [0.5, 0.6) is 0 Å². The Morgan fingerprint density at radius 3 is 2.73 bits per heavy atom. The van der Waals surface area contributed by atoms with Gasteiger partial charge in [0.15, 0.2) is 0 Å². The molecule has 84 valence electrons. The van der Waals surface area contributed by atoms with Crippen molar-refractivity contribution in [2.24, 2.45) is 0 Å². The SMILES string of the molecule is Cc1cc(C(=O)NC(C)(C)CCO)co1. The summed E-state index contributed by atoms with van der Waals surface area (Å²) in [6.45, 7) is 5.58. The standard InChI is InChI=1S/C11H17NO3/c1-8-6-9(7-15-8)10(14)12-11(2,3)4-5-13/h6-7,13H,4-5H2,1-3H3,(H,12,14). The van der Waals surface area contributed by atoms with Crippen LogP contribution in [0.1, 0.15) is 36.4 Å². The lowest BCUT2D eigenvalue weighted by Crippen LogP contribution is -2.43. The summed E-state index contributed by atoms with van der Waals surface area (Å²) >= 11 is 0. The Bertz CT molecular complexity index is 341. The van der Waals surface area contributed by atoms with Gasteiger partial charge in [0.2, 0.25) is 0 Å². The lowest BCUT2D eigenvalue weighted by molar-refractivity contribution is 0.0899. The van der Waals surface area contributed by atoms with Crippen molar-refractivity contribution in [2.45, 2.75) is 32.7 Å². The van der Waals surface area contributed by atoms with E-state index in [0.29, 0.717) is 17.7 Å². The molecule has 0 aliphatic heterocycles. The molecule has 1 heterocycles. The average molecular weight is 211 g/mol. The molecule has 0 unspecified atom stereocenters. The fourth-order valence-electron chi connectivity index (χ4n) is 1.28. The molecule has 0 radical (unpaired) electrons. The summed E-state index contributed by atoms with van der Waals surface area (Å²) < 4.78 is 5.05. The van der Waals surface area contributed by atoms with E-state index in [-0.39, 0.29) is 12.5 Å². The lowest BCUT2D eigenvalue weighted by atomic mass is 10.0. The average Bonchev–Trinajstić information content (AvgIpc) is 2.50. The van der Waals surface area contributed by atoms with E-state index in [1.54, 1.807) is 13.0 Å². The number of aliphatic hydroxyl groups is 1. The maximum atomic E-state index is 11.7. The summed E-state index contributed by atoms with van der Waals surface area (Å²) in [6, 6.07) is 1.68. The molecule has 1 aromatic heterocycles.